The summed E-state index contributed by atoms with van der Waals surface area (Å²) in [5, 5.41) is 10.2. The Morgan fingerprint density at radius 1 is 1.15 bits per heavy atom. The second kappa shape index (κ2) is 4.71. The number of hydrogen-bond donors (Lipinski definition) is 1. The maximum absolute atomic E-state index is 12.3. The first kappa shape index (κ1) is 13.8. The molecule has 2 aliphatic rings. The van der Waals surface area contributed by atoms with E-state index >= 15 is 0 Å². The first-order chi connectivity index (χ1) is 9.45. The van der Waals surface area contributed by atoms with Crippen molar-refractivity contribution in [1.82, 2.24) is 0 Å². The summed E-state index contributed by atoms with van der Waals surface area (Å²) in [5.41, 5.74) is 0.830. The molecule has 2 unspecified atom stereocenters. The van der Waals surface area contributed by atoms with E-state index in [1.165, 1.54) is 0 Å². The van der Waals surface area contributed by atoms with Gasteiger partial charge in [0.2, 0.25) is 0 Å². The fraction of sp³-hybridized carbons (Fsp3) is 0.500. The number of rotatable bonds is 2. The van der Waals surface area contributed by atoms with E-state index in [9.17, 15) is 13.5 Å². The van der Waals surface area contributed by atoms with E-state index in [1.807, 2.05) is 24.3 Å². The van der Waals surface area contributed by atoms with Crippen LogP contribution in [0.15, 0.2) is 30.8 Å². The zero-order chi connectivity index (χ0) is 14.4. The second-order valence-corrected chi connectivity index (χ2v) is 8.54. The lowest BCUT2D eigenvalue weighted by atomic mass is 9.80. The van der Waals surface area contributed by atoms with Gasteiger partial charge in [-0.2, -0.15) is 0 Å². The summed E-state index contributed by atoms with van der Waals surface area (Å²) in [4.78, 5) is 0. The molecule has 4 heteroatoms. The topological polar surface area (TPSA) is 54.4 Å². The van der Waals surface area contributed by atoms with E-state index < -0.39 is 15.4 Å². The summed E-state index contributed by atoms with van der Waals surface area (Å²) >= 11 is 0. The quantitative estimate of drug-likeness (QED) is 0.911. The van der Waals surface area contributed by atoms with Crippen molar-refractivity contribution in [1.29, 1.82) is 0 Å². The van der Waals surface area contributed by atoms with E-state index in [4.69, 9.17) is 0 Å². The Bertz CT molecular complexity index is 596. The molecule has 0 amide bonds. The minimum atomic E-state index is -3.03. The summed E-state index contributed by atoms with van der Waals surface area (Å²) in [5.74, 6) is 0. The standard InChI is InChI=1S/C16H20O3S/c1-2-12-6-8-13(9-7-12)16(17)10-14-4-3-5-15(11-16)20(14,18)19/h2,6-9,14-15,17H,1,3-5,10-11H2. The van der Waals surface area contributed by atoms with E-state index in [-0.39, 0.29) is 10.5 Å². The lowest BCUT2D eigenvalue weighted by Gasteiger charge is -2.44. The lowest BCUT2D eigenvalue weighted by molar-refractivity contribution is 0.00501. The molecule has 2 aliphatic heterocycles. The van der Waals surface area contributed by atoms with Crippen LogP contribution in [0.5, 0.6) is 0 Å². The largest absolute Gasteiger partial charge is 0.385 e. The van der Waals surface area contributed by atoms with Gasteiger partial charge >= 0.3 is 0 Å². The average Bonchev–Trinajstić information content (AvgIpc) is 2.41. The van der Waals surface area contributed by atoms with Crippen LogP contribution in [0.4, 0.5) is 0 Å². The molecule has 0 radical (unpaired) electrons. The summed E-state index contributed by atoms with van der Waals surface area (Å²) < 4.78 is 24.6. The van der Waals surface area contributed by atoms with Gasteiger partial charge in [0, 0.05) is 0 Å². The molecule has 20 heavy (non-hydrogen) atoms. The Hall–Kier alpha value is -1.13. The molecule has 0 spiro atoms. The molecule has 0 saturated carbocycles. The SMILES string of the molecule is C=Cc1ccc(C2(O)CC3CCCC(C2)S3(=O)=O)cc1. The second-order valence-electron chi connectivity index (χ2n) is 6.03. The first-order valence-corrected chi connectivity index (χ1v) is 8.75. The maximum Gasteiger partial charge on any atom is 0.156 e. The van der Waals surface area contributed by atoms with Gasteiger partial charge in [-0.15, -0.1) is 0 Å². The maximum atomic E-state index is 12.3. The molecule has 2 saturated heterocycles. The number of sulfone groups is 1. The summed E-state index contributed by atoms with van der Waals surface area (Å²) in [6.07, 6.45) is 4.75. The van der Waals surface area contributed by atoms with Crippen molar-refractivity contribution >= 4 is 15.9 Å². The Kier molecular flexibility index (Phi) is 3.26. The first-order valence-electron chi connectivity index (χ1n) is 7.14. The molecule has 108 valence electrons. The van der Waals surface area contributed by atoms with Crippen molar-refractivity contribution < 1.29 is 13.5 Å². The third-order valence-electron chi connectivity index (χ3n) is 4.80. The predicted molar refractivity (Wildman–Crippen MR) is 80.0 cm³/mol. The van der Waals surface area contributed by atoms with Crippen LogP contribution in [0.1, 0.15) is 43.2 Å². The molecule has 2 fully saturated rings. The molecule has 1 aromatic carbocycles. The molecule has 2 bridgehead atoms. The summed E-state index contributed by atoms with van der Waals surface area (Å²) in [7, 11) is -3.03. The van der Waals surface area contributed by atoms with Crippen LogP contribution < -0.4 is 0 Å². The van der Waals surface area contributed by atoms with Gasteiger partial charge in [0.15, 0.2) is 9.84 Å². The third-order valence-corrected chi connectivity index (χ3v) is 7.46. The smallest absolute Gasteiger partial charge is 0.156 e. The van der Waals surface area contributed by atoms with Gasteiger partial charge in [-0.1, -0.05) is 43.3 Å². The normalized spacial score (nSPS) is 35.5. The van der Waals surface area contributed by atoms with Crippen LogP contribution in [0, 0.1) is 0 Å². The van der Waals surface area contributed by atoms with Crippen LogP contribution in [0.3, 0.4) is 0 Å². The van der Waals surface area contributed by atoms with Gasteiger partial charge < -0.3 is 5.11 Å². The van der Waals surface area contributed by atoms with Crippen LogP contribution >= 0.6 is 0 Å². The van der Waals surface area contributed by atoms with Crippen molar-refractivity contribution in [3.63, 3.8) is 0 Å². The molecule has 2 heterocycles. The van der Waals surface area contributed by atoms with Gasteiger partial charge in [-0.05, 0) is 36.8 Å². The zero-order valence-electron chi connectivity index (χ0n) is 11.5. The Labute approximate surface area is 120 Å². The zero-order valence-corrected chi connectivity index (χ0v) is 12.3. The van der Waals surface area contributed by atoms with E-state index in [0.717, 1.165) is 17.5 Å². The van der Waals surface area contributed by atoms with Crippen LogP contribution in [-0.2, 0) is 15.4 Å². The highest BCUT2D eigenvalue weighted by Gasteiger charge is 2.50. The highest BCUT2D eigenvalue weighted by Crippen LogP contribution is 2.46. The summed E-state index contributed by atoms with van der Waals surface area (Å²) in [6, 6.07) is 7.62. The molecular formula is C16H20O3S. The molecule has 3 nitrogen and oxygen atoms in total. The fourth-order valence-electron chi connectivity index (χ4n) is 3.61. The predicted octanol–water partition coefficient (Wildman–Crippen LogP) is 2.65. The Balaban J connectivity index is 1.95. The van der Waals surface area contributed by atoms with Gasteiger partial charge in [-0.3, -0.25) is 0 Å². The molecule has 0 aromatic heterocycles. The molecule has 1 aromatic rings. The van der Waals surface area contributed by atoms with E-state index in [0.29, 0.717) is 25.7 Å². The molecule has 0 aliphatic carbocycles. The van der Waals surface area contributed by atoms with Crippen molar-refractivity contribution in [2.24, 2.45) is 0 Å². The monoisotopic (exact) mass is 292 g/mol. The number of benzene rings is 1. The Morgan fingerprint density at radius 2 is 1.70 bits per heavy atom. The minimum Gasteiger partial charge on any atom is -0.385 e. The van der Waals surface area contributed by atoms with Gasteiger partial charge in [0.05, 0.1) is 16.1 Å². The van der Waals surface area contributed by atoms with Crippen molar-refractivity contribution in [2.45, 2.75) is 48.2 Å². The molecule has 2 atom stereocenters. The number of fused-ring (bicyclic) bond motifs is 2. The molecular weight excluding hydrogens is 272 g/mol. The molecule has 3 rings (SSSR count). The van der Waals surface area contributed by atoms with Crippen LogP contribution in [0.25, 0.3) is 6.08 Å². The number of aliphatic hydroxyl groups is 1. The third kappa shape index (κ3) is 2.11. The fourth-order valence-corrected chi connectivity index (χ4v) is 6.16. The van der Waals surface area contributed by atoms with Crippen LogP contribution in [0.2, 0.25) is 0 Å². The molecule has 1 N–H and O–H groups in total. The minimum absolute atomic E-state index is 0.333. The van der Waals surface area contributed by atoms with Gasteiger partial charge in [0.25, 0.3) is 0 Å². The van der Waals surface area contributed by atoms with E-state index in [2.05, 4.69) is 6.58 Å². The highest BCUT2D eigenvalue weighted by atomic mass is 32.2. The van der Waals surface area contributed by atoms with Crippen molar-refractivity contribution in [2.75, 3.05) is 0 Å². The van der Waals surface area contributed by atoms with Crippen molar-refractivity contribution in [3.05, 3.63) is 42.0 Å². The average molecular weight is 292 g/mol. The number of hydrogen-bond acceptors (Lipinski definition) is 3. The summed E-state index contributed by atoms with van der Waals surface area (Å²) in [6.45, 7) is 3.71. The lowest BCUT2D eigenvalue weighted by Crippen LogP contribution is -2.50. The van der Waals surface area contributed by atoms with E-state index in [1.54, 1.807) is 6.08 Å². The highest BCUT2D eigenvalue weighted by molar-refractivity contribution is 7.92. The van der Waals surface area contributed by atoms with Gasteiger partial charge in [0.1, 0.15) is 0 Å². The Morgan fingerprint density at radius 3 is 2.20 bits per heavy atom. The van der Waals surface area contributed by atoms with Crippen LogP contribution in [-0.4, -0.2) is 24.0 Å². The van der Waals surface area contributed by atoms with Crippen molar-refractivity contribution in [3.8, 4) is 0 Å². The van der Waals surface area contributed by atoms with Gasteiger partial charge in [-0.25, -0.2) is 8.42 Å².